The number of aromatic hydroxyl groups is 1. The number of aliphatic hydroxyl groups excluding tert-OH is 1. The molecule has 6 N–H and O–H groups in total. The molecule has 3 aliphatic rings. The van der Waals surface area contributed by atoms with Gasteiger partial charge in [0.1, 0.15) is 11.7 Å². The van der Waals surface area contributed by atoms with Crippen LogP contribution in [0.15, 0.2) is 66.7 Å². The number of hydrogen-bond donors (Lipinski definition) is 5. The lowest BCUT2D eigenvalue weighted by molar-refractivity contribution is -0.190. The number of aliphatic hydroxyl groups is 2. The van der Waals surface area contributed by atoms with E-state index in [9.17, 15) is 34.5 Å². The van der Waals surface area contributed by atoms with Crippen LogP contribution in [-0.2, 0) is 33.9 Å². The van der Waals surface area contributed by atoms with Gasteiger partial charge in [0.2, 0.25) is 5.91 Å². The summed E-state index contributed by atoms with van der Waals surface area (Å²) in [5, 5.41) is 37.2. The third-order valence-electron chi connectivity index (χ3n) is 9.91. The molecule has 45 heavy (non-hydrogen) atoms. The van der Waals surface area contributed by atoms with E-state index in [1.165, 1.54) is 6.07 Å². The highest BCUT2D eigenvalue weighted by molar-refractivity contribution is 6.25. The molecule has 3 aromatic carbocycles. The Hall–Kier alpha value is -4.22. The number of primary amides is 1. The van der Waals surface area contributed by atoms with Crippen LogP contribution in [0.4, 0.5) is 0 Å². The Bertz CT molecular complexity index is 1690. The van der Waals surface area contributed by atoms with Crippen LogP contribution < -0.4 is 11.1 Å². The molecule has 0 saturated heterocycles. The molecule has 0 spiro atoms. The second-order valence-electron chi connectivity index (χ2n) is 12.7. The Labute approximate surface area is 260 Å². The van der Waals surface area contributed by atoms with Crippen molar-refractivity contribution in [2.75, 3.05) is 14.1 Å². The Morgan fingerprint density at radius 1 is 0.978 bits per heavy atom. The topological polar surface area (TPSA) is 170 Å². The number of phenols is 1. The third kappa shape index (κ3) is 4.98. The van der Waals surface area contributed by atoms with Gasteiger partial charge in [-0.3, -0.25) is 19.2 Å². The van der Waals surface area contributed by atoms with E-state index in [-0.39, 0.29) is 24.2 Å². The van der Waals surface area contributed by atoms with Crippen molar-refractivity contribution in [3.8, 4) is 16.9 Å². The number of hydrogen-bond acceptors (Lipinski definition) is 9. The van der Waals surface area contributed by atoms with E-state index in [4.69, 9.17) is 5.73 Å². The highest BCUT2D eigenvalue weighted by atomic mass is 16.3. The molecular formula is C35H37N3O7. The molecule has 10 heteroatoms. The maximum absolute atomic E-state index is 14.1. The van der Waals surface area contributed by atoms with Gasteiger partial charge in [0.05, 0.1) is 17.6 Å². The van der Waals surface area contributed by atoms with Gasteiger partial charge in [0.15, 0.2) is 23.0 Å². The van der Waals surface area contributed by atoms with Crippen molar-refractivity contribution in [3.63, 3.8) is 0 Å². The molecular weight excluding hydrogens is 574 g/mol. The van der Waals surface area contributed by atoms with Crippen molar-refractivity contribution >= 4 is 23.3 Å². The van der Waals surface area contributed by atoms with E-state index in [1.807, 2.05) is 54.6 Å². The first-order valence-corrected chi connectivity index (χ1v) is 15.1. The molecule has 0 aliphatic heterocycles. The fraction of sp³-hybridized carbons (Fsp3) is 0.371. The Balaban J connectivity index is 1.35. The number of nitrogens with two attached hydrogens (primary N) is 1. The first-order valence-electron chi connectivity index (χ1n) is 15.1. The Morgan fingerprint density at radius 2 is 1.67 bits per heavy atom. The van der Waals surface area contributed by atoms with Crippen molar-refractivity contribution in [3.05, 3.63) is 89.0 Å². The smallest absolute Gasteiger partial charge is 0.230 e. The average Bonchev–Trinajstić information content (AvgIpc) is 2.99. The number of carbonyl (C=O) groups is 4. The van der Waals surface area contributed by atoms with E-state index in [0.717, 1.165) is 22.3 Å². The van der Waals surface area contributed by atoms with Crippen molar-refractivity contribution in [2.45, 2.75) is 43.7 Å². The number of amides is 1. The van der Waals surface area contributed by atoms with Gasteiger partial charge < -0.3 is 31.3 Å². The molecule has 0 aromatic heterocycles. The molecule has 1 amide bonds. The van der Waals surface area contributed by atoms with Gasteiger partial charge in [-0.1, -0.05) is 54.6 Å². The molecule has 0 bridgehead atoms. The second-order valence-corrected chi connectivity index (χ2v) is 12.7. The van der Waals surface area contributed by atoms with Crippen LogP contribution in [-0.4, -0.2) is 75.3 Å². The first kappa shape index (κ1) is 30.8. The zero-order valence-electron chi connectivity index (χ0n) is 25.1. The predicted octanol–water partition coefficient (Wildman–Crippen LogP) is 1.62. The summed E-state index contributed by atoms with van der Waals surface area (Å²) in [5.74, 6) is -9.18. The van der Waals surface area contributed by atoms with Gasteiger partial charge in [0.25, 0.3) is 0 Å². The SMILES string of the molecule is CN(C)[C@H]1C(O)C(C(N)=O)C(=O)[C@]2(O)C(=O)C3C(=O)c4c(O)ccc(-c5cccc(CNCc6ccccc6)c5)c4C[C@@H]3C[C@H]12. The maximum Gasteiger partial charge on any atom is 0.230 e. The van der Waals surface area contributed by atoms with Crippen molar-refractivity contribution in [1.29, 1.82) is 0 Å². The molecule has 3 aliphatic carbocycles. The lowest BCUT2D eigenvalue weighted by Gasteiger charge is -2.54. The average molecular weight is 612 g/mol. The molecule has 2 saturated carbocycles. The number of ketones is 3. The summed E-state index contributed by atoms with van der Waals surface area (Å²) >= 11 is 0. The Morgan fingerprint density at radius 3 is 2.36 bits per heavy atom. The van der Waals surface area contributed by atoms with Gasteiger partial charge in [-0.2, -0.15) is 0 Å². The van der Waals surface area contributed by atoms with E-state index in [1.54, 1.807) is 25.1 Å². The number of benzene rings is 3. The number of rotatable bonds is 7. The summed E-state index contributed by atoms with van der Waals surface area (Å²) in [4.78, 5) is 55.5. The Kier molecular flexibility index (Phi) is 7.94. The zero-order valence-corrected chi connectivity index (χ0v) is 25.1. The van der Waals surface area contributed by atoms with Gasteiger partial charge in [-0.25, -0.2) is 0 Å². The van der Waals surface area contributed by atoms with Crippen LogP contribution in [0, 0.1) is 23.7 Å². The van der Waals surface area contributed by atoms with E-state index in [2.05, 4.69) is 5.32 Å². The highest BCUT2D eigenvalue weighted by Crippen LogP contribution is 2.52. The quantitative estimate of drug-likeness (QED) is 0.249. The molecule has 0 radical (unpaired) electrons. The minimum Gasteiger partial charge on any atom is -0.507 e. The molecule has 3 aromatic rings. The van der Waals surface area contributed by atoms with Crippen LogP contribution in [0.3, 0.4) is 0 Å². The summed E-state index contributed by atoms with van der Waals surface area (Å²) in [5.41, 5.74) is 7.12. The third-order valence-corrected chi connectivity index (χ3v) is 9.91. The van der Waals surface area contributed by atoms with Crippen molar-refractivity contribution in [2.24, 2.45) is 29.4 Å². The van der Waals surface area contributed by atoms with Gasteiger partial charge in [-0.15, -0.1) is 0 Å². The number of Topliss-reactive ketones (excluding diaryl/α,β-unsaturated/α-hetero) is 3. The van der Waals surface area contributed by atoms with Crippen LogP contribution in [0.25, 0.3) is 11.1 Å². The summed E-state index contributed by atoms with van der Waals surface area (Å²) in [7, 11) is 3.25. The molecule has 6 rings (SSSR count). The number of likely N-dealkylation sites (N-methyl/N-ethyl adjacent to an activating group) is 1. The minimum absolute atomic E-state index is 0.00402. The summed E-state index contributed by atoms with van der Waals surface area (Å²) in [6, 6.07) is 20.2. The molecule has 10 nitrogen and oxygen atoms in total. The zero-order chi connectivity index (χ0) is 32.2. The van der Waals surface area contributed by atoms with Crippen LogP contribution >= 0.6 is 0 Å². The lowest BCUT2D eigenvalue weighted by atomic mass is 9.52. The summed E-state index contributed by atoms with van der Waals surface area (Å²) in [6.07, 6.45) is -1.24. The van der Waals surface area contributed by atoms with E-state index < -0.39 is 64.7 Å². The first-order chi connectivity index (χ1) is 21.4. The van der Waals surface area contributed by atoms with E-state index in [0.29, 0.717) is 18.7 Å². The standard InChI is InChI=1S/C35H37N3O7/c1-38(2)29-24-15-21-14-23-22(20-10-6-9-19(13-20)17-37-16-18-7-4-3-5-8-18)11-12-25(39)27(23)30(40)26(21)32(42)35(24,45)33(43)28(31(29)41)34(36)44/h3-13,21,24,26,28-29,31,37,39,41,45H,14-17H2,1-2H3,(H2,36,44)/t21-,24-,26?,28?,29-,31?,35-/m1/s1. The van der Waals surface area contributed by atoms with Crippen LogP contribution in [0.5, 0.6) is 5.75 Å². The number of phenolic OH excluding ortho intramolecular Hbond substituents is 1. The van der Waals surface area contributed by atoms with Crippen LogP contribution in [0.2, 0.25) is 0 Å². The monoisotopic (exact) mass is 611 g/mol. The largest absolute Gasteiger partial charge is 0.507 e. The number of nitrogens with one attached hydrogen (secondary N) is 1. The van der Waals surface area contributed by atoms with Crippen molar-refractivity contribution in [1.82, 2.24) is 10.2 Å². The van der Waals surface area contributed by atoms with Gasteiger partial charge >= 0.3 is 0 Å². The predicted molar refractivity (Wildman–Crippen MR) is 165 cm³/mol. The molecule has 234 valence electrons. The molecule has 7 atom stereocenters. The van der Waals surface area contributed by atoms with Gasteiger partial charge in [0, 0.05) is 25.0 Å². The van der Waals surface area contributed by atoms with Gasteiger partial charge in [-0.05, 0) is 72.8 Å². The number of nitrogens with zero attached hydrogens (tertiary/aromatic N) is 1. The number of carbonyl (C=O) groups excluding carboxylic acids is 4. The molecule has 0 heterocycles. The fourth-order valence-corrected chi connectivity index (χ4v) is 7.89. The fourth-order valence-electron chi connectivity index (χ4n) is 7.89. The summed E-state index contributed by atoms with van der Waals surface area (Å²) < 4.78 is 0. The highest BCUT2D eigenvalue weighted by Gasteiger charge is 2.69. The maximum atomic E-state index is 14.1. The molecule has 3 unspecified atom stereocenters. The van der Waals surface area contributed by atoms with Crippen LogP contribution in [0.1, 0.15) is 33.5 Å². The summed E-state index contributed by atoms with van der Waals surface area (Å²) in [6.45, 7) is 1.31. The normalized spacial score (nSPS) is 29.2. The van der Waals surface area contributed by atoms with E-state index >= 15 is 0 Å². The minimum atomic E-state index is -2.68. The van der Waals surface area contributed by atoms with Crippen molar-refractivity contribution < 1.29 is 34.5 Å². The second kappa shape index (κ2) is 11.6. The lowest BCUT2D eigenvalue weighted by Crippen LogP contribution is -2.75. The number of fused-ring (bicyclic) bond motifs is 3. The molecule has 2 fully saturated rings.